The quantitative estimate of drug-likeness (QED) is 0.443. The lowest BCUT2D eigenvalue weighted by Crippen LogP contribution is -2.17. The van der Waals surface area contributed by atoms with Crippen molar-refractivity contribution in [2.45, 2.75) is 84.0 Å². The Morgan fingerprint density at radius 2 is 1.53 bits per heavy atom. The molecule has 0 unspecified atom stereocenters. The van der Waals surface area contributed by atoms with Crippen LogP contribution in [0.3, 0.4) is 0 Å². The van der Waals surface area contributed by atoms with E-state index in [-0.39, 0.29) is 5.56 Å². The SMILES string of the molecule is CCC[C@H]1CC[C@H](CC[C@H]2CC[C@H](C=CC#Cc3ccc(C#N)c(F)c3)CC2)CC1. The van der Waals surface area contributed by atoms with E-state index in [1.807, 2.05) is 12.1 Å². The van der Waals surface area contributed by atoms with Crippen molar-refractivity contribution in [3.63, 3.8) is 0 Å². The van der Waals surface area contributed by atoms with Gasteiger partial charge in [-0.05, 0) is 73.6 Å². The molecule has 2 aliphatic carbocycles. The molecule has 2 saturated carbocycles. The number of hydrogen-bond donors (Lipinski definition) is 0. The van der Waals surface area contributed by atoms with Crippen molar-refractivity contribution in [2.24, 2.45) is 23.7 Å². The Balaban J connectivity index is 1.34. The minimum Gasteiger partial charge on any atom is -0.206 e. The number of benzene rings is 1. The van der Waals surface area contributed by atoms with E-state index in [0.29, 0.717) is 11.5 Å². The van der Waals surface area contributed by atoms with E-state index in [1.54, 1.807) is 6.07 Å². The minimum absolute atomic E-state index is 0.0667. The molecule has 0 heterocycles. The third-order valence-corrected chi connectivity index (χ3v) is 7.30. The number of nitriles is 1. The molecule has 2 fully saturated rings. The molecule has 160 valence electrons. The van der Waals surface area contributed by atoms with Gasteiger partial charge >= 0.3 is 0 Å². The second-order valence-corrected chi connectivity index (χ2v) is 9.47. The monoisotopic (exact) mass is 405 g/mol. The van der Waals surface area contributed by atoms with Crippen LogP contribution < -0.4 is 0 Å². The van der Waals surface area contributed by atoms with Crippen LogP contribution in [-0.4, -0.2) is 0 Å². The highest BCUT2D eigenvalue weighted by molar-refractivity contribution is 5.42. The lowest BCUT2D eigenvalue weighted by molar-refractivity contribution is 0.221. The number of rotatable bonds is 6. The van der Waals surface area contributed by atoms with Crippen LogP contribution >= 0.6 is 0 Å². The van der Waals surface area contributed by atoms with Gasteiger partial charge in [0.15, 0.2) is 0 Å². The van der Waals surface area contributed by atoms with Crippen molar-refractivity contribution < 1.29 is 4.39 Å². The first-order chi connectivity index (χ1) is 14.7. The molecule has 0 spiro atoms. The molecule has 3 rings (SSSR count). The molecule has 1 aromatic rings. The molecule has 0 N–H and O–H groups in total. The Morgan fingerprint density at radius 3 is 2.10 bits per heavy atom. The maximum absolute atomic E-state index is 13.6. The first kappa shape index (κ1) is 22.6. The van der Waals surface area contributed by atoms with Gasteiger partial charge in [0.05, 0.1) is 5.56 Å². The predicted octanol–water partition coefficient (Wildman–Crippen LogP) is 7.80. The molecule has 0 atom stereocenters. The van der Waals surface area contributed by atoms with Gasteiger partial charge in [0.2, 0.25) is 0 Å². The molecule has 30 heavy (non-hydrogen) atoms. The summed E-state index contributed by atoms with van der Waals surface area (Å²) in [7, 11) is 0. The van der Waals surface area contributed by atoms with Crippen LogP contribution in [0.5, 0.6) is 0 Å². The zero-order valence-corrected chi connectivity index (χ0v) is 18.5. The molecule has 2 heteroatoms. The van der Waals surface area contributed by atoms with E-state index >= 15 is 0 Å². The lowest BCUT2D eigenvalue weighted by Gasteiger charge is -2.31. The fraction of sp³-hybridized carbons (Fsp3) is 0.607. The van der Waals surface area contributed by atoms with Gasteiger partial charge in [0.1, 0.15) is 11.9 Å². The van der Waals surface area contributed by atoms with E-state index in [1.165, 1.54) is 89.2 Å². The zero-order chi connectivity index (χ0) is 21.2. The van der Waals surface area contributed by atoms with Gasteiger partial charge < -0.3 is 0 Å². The van der Waals surface area contributed by atoms with E-state index in [4.69, 9.17) is 5.26 Å². The molecule has 2 aliphatic rings. The summed E-state index contributed by atoms with van der Waals surface area (Å²) in [4.78, 5) is 0. The molecule has 0 bridgehead atoms. The number of nitrogens with zero attached hydrogens (tertiary/aromatic N) is 1. The summed E-state index contributed by atoms with van der Waals surface area (Å²) >= 11 is 0. The standard InChI is InChI=1S/C28H36FN/c1-2-5-22-8-12-24(13-9-22)16-17-25-14-10-23(11-15-25)6-3-4-7-26-18-19-27(21-30)28(29)20-26/h3,6,18-20,22-25H,2,5,8-17H2,1H3/t22-,23-,24-,25-. The number of allylic oxidation sites excluding steroid dienone is 2. The first-order valence-corrected chi connectivity index (χ1v) is 12.1. The highest BCUT2D eigenvalue weighted by Gasteiger charge is 2.23. The van der Waals surface area contributed by atoms with Crippen LogP contribution in [0, 0.1) is 52.7 Å². The van der Waals surface area contributed by atoms with Gasteiger partial charge in [-0.25, -0.2) is 4.39 Å². The number of halogens is 1. The van der Waals surface area contributed by atoms with E-state index < -0.39 is 5.82 Å². The van der Waals surface area contributed by atoms with Crippen molar-refractivity contribution in [1.82, 2.24) is 0 Å². The average Bonchev–Trinajstić information content (AvgIpc) is 2.77. The van der Waals surface area contributed by atoms with Gasteiger partial charge in [-0.3, -0.25) is 0 Å². The first-order valence-electron chi connectivity index (χ1n) is 12.1. The largest absolute Gasteiger partial charge is 0.206 e. The van der Waals surface area contributed by atoms with Gasteiger partial charge in [-0.15, -0.1) is 0 Å². The number of hydrogen-bond acceptors (Lipinski definition) is 1. The molecular weight excluding hydrogens is 369 g/mol. The summed E-state index contributed by atoms with van der Waals surface area (Å²) in [6, 6.07) is 6.35. The van der Waals surface area contributed by atoms with Crippen LogP contribution in [0.2, 0.25) is 0 Å². The van der Waals surface area contributed by atoms with Gasteiger partial charge in [0.25, 0.3) is 0 Å². The maximum atomic E-state index is 13.6. The molecule has 0 aliphatic heterocycles. The van der Waals surface area contributed by atoms with Crippen LogP contribution in [0.4, 0.5) is 4.39 Å². The molecule has 0 radical (unpaired) electrons. The minimum atomic E-state index is -0.499. The second-order valence-electron chi connectivity index (χ2n) is 9.47. The average molecular weight is 406 g/mol. The summed E-state index contributed by atoms with van der Waals surface area (Å²) in [6.07, 6.45) is 21.0. The third kappa shape index (κ3) is 7.02. The smallest absolute Gasteiger partial charge is 0.142 e. The van der Waals surface area contributed by atoms with Crippen molar-refractivity contribution in [3.8, 4) is 17.9 Å². The van der Waals surface area contributed by atoms with Gasteiger partial charge in [-0.1, -0.05) is 76.2 Å². The molecule has 0 aromatic heterocycles. The zero-order valence-electron chi connectivity index (χ0n) is 18.5. The highest BCUT2D eigenvalue weighted by Crippen LogP contribution is 2.37. The van der Waals surface area contributed by atoms with Crippen LogP contribution in [-0.2, 0) is 0 Å². The van der Waals surface area contributed by atoms with Crippen LogP contribution in [0.25, 0.3) is 0 Å². The van der Waals surface area contributed by atoms with Crippen LogP contribution in [0.1, 0.15) is 95.1 Å². The van der Waals surface area contributed by atoms with Crippen molar-refractivity contribution in [1.29, 1.82) is 5.26 Å². The summed E-state index contributed by atoms with van der Waals surface area (Å²) in [5.41, 5.74) is 0.681. The van der Waals surface area contributed by atoms with Crippen molar-refractivity contribution in [2.75, 3.05) is 0 Å². The Kier molecular flexibility index (Phi) is 9.01. The van der Waals surface area contributed by atoms with E-state index in [9.17, 15) is 4.39 Å². The molecule has 0 amide bonds. The predicted molar refractivity (Wildman–Crippen MR) is 122 cm³/mol. The van der Waals surface area contributed by atoms with Gasteiger partial charge in [-0.2, -0.15) is 5.26 Å². The molecule has 1 nitrogen and oxygen atoms in total. The molecule has 0 saturated heterocycles. The summed E-state index contributed by atoms with van der Waals surface area (Å²) in [6.45, 7) is 2.32. The van der Waals surface area contributed by atoms with Gasteiger partial charge in [0, 0.05) is 5.56 Å². The van der Waals surface area contributed by atoms with Crippen molar-refractivity contribution in [3.05, 3.63) is 47.3 Å². The Bertz CT molecular complexity index is 790. The maximum Gasteiger partial charge on any atom is 0.142 e. The Labute approximate surface area is 182 Å². The summed E-state index contributed by atoms with van der Waals surface area (Å²) < 4.78 is 13.6. The summed E-state index contributed by atoms with van der Waals surface area (Å²) in [5, 5.41) is 8.78. The second kappa shape index (κ2) is 12.0. The van der Waals surface area contributed by atoms with E-state index in [0.717, 1.165) is 17.8 Å². The van der Waals surface area contributed by atoms with Crippen molar-refractivity contribution >= 4 is 0 Å². The summed E-state index contributed by atoms with van der Waals surface area (Å²) in [5.74, 6) is 9.07. The fourth-order valence-corrected chi connectivity index (χ4v) is 5.35. The Morgan fingerprint density at radius 1 is 0.933 bits per heavy atom. The third-order valence-electron chi connectivity index (χ3n) is 7.30. The van der Waals surface area contributed by atoms with Crippen LogP contribution in [0.15, 0.2) is 30.4 Å². The topological polar surface area (TPSA) is 23.8 Å². The molecular formula is C28H36FN. The highest BCUT2D eigenvalue weighted by atomic mass is 19.1. The molecule has 1 aromatic carbocycles. The van der Waals surface area contributed by atoms with E-state index in [2.05, 4.69) is 24.8 Å². The Hall–Kier alpha value is -2.06. The fourth-order valence-electron chi connectivity index (χ4n) is 5.35. The normalized spacial score (nSPS) is 26.7. The lowest BCUT2D eigenvalue weighted by atomic mass is 9.75.